The number of ether oxygens (including phenoxy) is 2. The summed E-state index contributed by atoms with van der Waals surface area (Å²) in [5, 5.41) is 9.28. The maximum Gasteiger partial charge on any atom is 0.174 e. The van der Waals surface area contributed by atoms with Gasteiger partial charge in [-0.1, -0.05) is 0 Å². The minimum absolute atomic E-state index is 0.0989. The number of aldehydes is 1. The number of rotatable bonds is 3. The molecule has 4 heteroatoms. The Morgan fingerprint density at radius 3 is 2.46 bits per heavy atom. The summed E-state index contributed by atoms with van der Waals surface area (Å²) in [5.41, 5.74) is 0.0989. The van der Waals surface area contributed by atoms with E-state index in [0.717, 1.165) is 0 Å². The fourth-order valence-corrected chi connectivity index (χ4v) is 1.05. The molecule has 0 amide bonds. The Hall–Kier alpha value is -1.71. The molecule has 1 aromatic carbocycles. The van der Waals surface area contributed by atoms with E-state index in [2.05, 4.69) is 0 Å². The molecule has 13 heavy (non-hydrogen) atoms. The zero-order valence-electron chi connectivity index (χ0n) is 7.40. The van der Waals surface area contributed by atoms with Gasteiger partial charge >= 0.3 is 0 Å². The second-order valence-electron chi connectivity index (χ2n) is 2.35. The monoisotopic (exact) mass is 182 g/mol. The second-order valence-corrected chi connectivity index (χ2v) is 2.35. The van der Waals surface area contributed by atoms with Crippen molar-refractivity contribution in [1.82, 2.24) is 0 Å². The predicted molar refractivity (Wildman–Crippen MR) is 46.6 cm³/mol. The summed E-state index contributed by atoms with van der Waals surface area (Å²) in [7, 11) is 2.87. The quantitative estimate of drug-likeness (QED) is 0.714. The van der Waals surface area contributed by atoms with Crippen LogP contribution in [0.15, 0.2) is 12.1 Å². The number of benzene rings is 1. The number of phenols is 1. The van der Waals surface area contributed by atoms with Gasteiger partial charge in [-0.3, -0.25) is 4.79 Å². The lowest BCUT2D eigenvalue weighted by Gasteiger charge is -2.09. The van der Waals surface area contributed by atoms with Crippen LogP contribution in [-0.4, -0.2) is 25.6 Å². The highest BCUT2D eigenvalue weighted by atomic mass is 16.5. The molecule has 0 heterocycles. The SMILES string of the molecule is COc1ccc(O)c(C=O)c1OC. The van der Waals surface area contributed by atoms with Gasteiger partial charge in [0.05, 0.1) is 14.2 Å². The van der Waals surface area contributed by atoms with Crippen LogP contribution in [0.5, 0.6) is 17.2 Å². The van der Waals surface area contributed by atoms with Crippen LogP contribution in [0.25, 0.3) is 0 Å². The first-order chi connectivity index (χ1) is 6.24. The molecule has 0 aliphatic heterocycles. The fraction of sp³-hybridized carbons (Fsp3) is 0.222. The highest BCUT2D eigenvalue weighted by Crippen LogP contribution is 2.35. The van der Waals surface area contributed by atoms with E-state index in [1.807, 2.05) is 0 Å². The van der Waals surface area contributed by atoms with E-state index in [-0.39, 0.29) is 17.1 Å². The van der Waals surface area contributed by atoms with Crippen molar-refractivity contribution in [3.05, 3.63) is 17.7 Å². The minimum atomic E-state index is -0.118. The Balaban J connectivity index is 3.36. The first-order valence-corrected chi connectivity index (χ1v) is 3.63. The molecule has 0 unspecified atom stereocenters. The number of carbonyl (C=O) groups excluding carboxylic acids is 1. The summed E-state index contributed by atoms with van der Waals surface area (Å²) < 4.78 is 9.86. The van der Waals surface area contributed by atoms with E-state index in [9.17, 15) is 9.90 Å². The Morgan fingerprint density at radius 2 is 2.00 bits per heavy atom. The van der Waals surface area contributed by atoms with Crippen LogP contribution in [-0.2, 0) is 0 Å². The van der Waals surface area contributed by atoms with Gasteiger partial charge in [0.15, 0.2) is 17.8 Å². The van der Waals surface area contributed by atoms with Gasteiger partial charge in [-0.15, -0.1) is 0 Å². The van der Waals surface area contributed by atoms with Gasteiger partial charge in [0.2, 0.25) is 0 Å². The minimum Gasteiger partial charge on any atom is -0.507 e. The lowest BCUT2D eigenvalue weighted by atomic mass is 10.2. The molecule has 0 atom stereocenters. The van der Waals surface area contributed by atoms with Gasteiger partial charge in [-0.2, -0.15) is 0 Å². The van der Waals surface area contributed by atoms with Crippen molar-refractivity contribution in [3.8, 4) is 17.2 Å². The lowest BCUT2D eigenvalue weighted by molar-refractivity contribution is 0.111. The molecule has 1 N–H and O–H groups in total. The van der Waals surface area contributed by atoms with E-state index in [1.165, 1.54) is 26.4 Å². The lowest BCUT2D eigenvalue weighted by Crippen LogP contribution is -1.95. The van der Waals surface area contributed by atoms with Crippen LogP contribution in [0.3, 0.4) is 0 Å². The largest absolute Gasteiger partial charge is 0.507 e. The Labute approximate surface area is 75.7 Å². The summed E-state index contributed by atoms with van der Waals surface area (Å²) in [4.78, 5) is 10.6. The molecule has 0 fully saturated rings. The summed E-state index contributed by atoms with van der Waals surface area (Å²) in [6.45, 7) is 0. The molecular weight excluding hydrogens is 172 g/mol. The molecule has 1 rings (SSSR count). The van der Waals surface area contributed by atoms with Gasteiger partial charge in [0.25, 0.3) is 0 Å². The first-order valence-electron chi connectivity index (χ1n) is 3.63. The highest BCUT2D eigenvalue weighted by Gasteiger charge is 2.13. The Bertz CT molecular complexity index is 320. The molecule has 0 radical (unpaired) electrons. The smallest absolute Gasteiger partial charge is 0.174 e. The maximum absolute atomic E-state index is 10.6. The maximum atomic E-state index is 10.6. The zero-order chi connectivity index (χ0) is 9.84. The molecule has 0 aromatic heterocycles. The van der Waals surface area contributed by atoms with Gasteiger partial charge in [-0.05, 0) is 12.1 Å². The molecule has 0 aliphatic carbocycles. The predicted octanol–water partition coefficient (Wildman–Crippen LogP) is 1.22. The first kappa shape index (κ1) is 9.38. The van der Waals surface area contributed by atoms with Crippen LogP contribution in [0.2, 0.25) is 0 Å². The topological polar surface area (TPSA) is 55.8 Å². The van der Waals surface area contributed by atoms with Crippen LogP contribution >= 0.6 is 0 Å². The molecule has 4 nitrogen and oxygen atoms in total. The average molecular weight is 182 g/mol. The van der Waals surface area contributed by atoms with Crippen molar-refractivity contribution in [1.29, 1.82) is 0 Å². The third-order valence-corrected chi connectivity index (χ3v) is 1.68. The molecular formula is C9H10O4. The highest BCUT2D eigenvalue weighted by molar-refractivity contribution is 5.85. The van der Waals surface area contributed by atoms with E-state index in [1.54, 1.807) is 0 Å². The van der Waals surface area contributed by atoms with E-state index in [0.29, 0.717) is 12.0 Å². The van der Waals surface area contributed by atoms with Crippen molar-refractivity contribution >= 4 is 6.29 Å². The number of hydrogen-bond donors (Lipinski definition) is 1. The molecule has 0 saturated heterocycles. The number of phenolic OH excluding ortho intramolecular Hbond substituents is 1. The van der Waals surface area contributed by atoms with Crippen LogP contribution in [0, 0.1) is 0 Å². The summed E-state index contributed by atoms with van der Waals surface area (Å²) >= 11 is 0. The fourth-order valence-electron chi connectivity index (χ4n) is 1.05. The normalized spacial score (nSPS) is 9.38. The molecule has 0 spiro atoms. The average Bonchev–Trinajstić information content (AvgIpc) is 2.17. The molecule has 70 valence electrons. The number of aromatic hydroxyl groups is 1. The molecule has 0 bridgehead atoms. The summed E-state index contributed by atoms with van der Waals surface area (Å²) in [6, 6.07) is 2.91. The number of methoxy groups -OCH3 is 2. The van der Waals surface area contributed by atoms with Gasteiger partial charge < -0.3 is 14.6 Å². The van der Waals surface area contributed by atoms with Crippen LogP contribution < -0.4 is 9.47 Å². The third-order valence-electron chi connectivity index (χ3n) is 1.68. The van der Waals surface area contributed by atoms with Crippen molar-refractivity contribution in [2.45, 2.75) is 0 Å². The third kappa shape index (κ3) is 1.56. The van der Waals surface area contributed by atoms with Crippen molar-refractivity contribution in [2.24, 2.45) is 0 Å². The van der Waals surface area contributed by atoms with Crippen molar-refractivity contribution in [3.63, 3.8) is 0 Å². The summed E-state index contributed by atoms with van der Waals surface area (Å²) in [5.74, 6) is 0.549. The molecule has 0 aliphatic rings. The second kappa shape index (κ2) is 3.80. The van der Waals surface area contributed by atoms with Crippen LogP contribution in [0.4, 0.5) is 0 Å². The van der Waals surface area contributed by atoms with Gasteiger partial charge in [-0.25, -0.2) is 0 Å². The van der Waals surface area contributed by atoms with Gasteiger partial charge in [0.1, 0.15) is 11.3 Å². The number of hydrogen-bond acceptors (Lipinski definition) is 4. The molecule has 0 saturated carbocycles. The number of carbonyl (C=O) groups is 1. The van der Waals surface area contributed by atoms with E-state index >= 15 is 0 Å². The summed E-state index contributed by atoms with van der Waals surface area (Å²) in [6.07, 6.45) is 0.524. The van der Waals surface area contributed by atoms with Crippen LogP contribution in [0.1, 0.15) is 10.4 Å². The Morgan fingerprint density at radius 1 is 1.31 bits per heavy atom. The molecule has 1 aromatic rings. The van der Waals surface area contributed by atoms with E-state index < -0.39 is 0 Å². The zero-order valence-corrected chi connectivity index (χ0v) is 7.40. The van der Waals surface area contributed by atoms with Crippen molar-refractivity contribution in [2.75, 3.05) is 14.2 Å². The van der Waals surface area contributed by atoms with E-state index in [4.69, 9.17) is 9.47 Å². The Kier molecular flexibility index (Phi) is 2.74. The van der Waals surface area contributed by atoms with Crippen molar-refractivity contribution < 1.29 is 19.4 Å². The standard InChI is InChI=1S/C9H10O4/c1-12-8-4-3-7(11)6(5-10)9(8)13-2/h3-5,11H,1-2H3. The van der Waals surface area contributed by atoms with Gasteiger partial charge in [0, 0.05) is 0 Å².